The maximum Gasteiger partial charge on any atom is 0.136 e. The minimum atomic E-state index is -0.0435. The first-order valence-electron chi connectivity index (χ1n) is 10.6. The van der Waals surface area contributed by atoms with Crippen molar-refractivity contribution in [3.05, 3.63) is 29.3 Å². The minimum Gasteiger partial charge on any atom is -0.497 e. The monoisotopic (exact) mass is 352 g/mol. The van der Waals surface area contributed by atoms with Gasteiger partial charge in [-0.3, -0.25) is 4.79 Å². The molecule has 0 spiro atoms. The van der Waals surface area contributed by atoms with Crippen LogP contribution < -0.4 is 4.74 Å². The van der Waals surface area contributed by atoms with Gasteiger partial charge in [-0.1, -0.05) is 19.9 Å². The summed E-state index contributed by atoms with van der Waals surface area (Å²) in [4.78, 5) is 12.9. The normalized spacial score (nSPS) is 45.6. The predicted molar refractivity (Wildman–Crippen MR) is 103 cm³/mol. The molecule has 1 aromatic rings. The third-order valence-electron chi connectivity index (χ3n) is 9.81. The smallest absolute Gasteiger partial charge is 0.136 e. The molecule has 0 heterocycles. The highest BCUT2D eigenvalue weighted by Gasteiger charge is 2.77. The second-order valence-corrected chi connectivity index (χ2v) is 9.98. The summed E-state index contributed by atoms with van der Waals surface area (Å²) >= 11 is 0. The number of hydrogen-bond donors (Lipinski definition) is 0. The second-order valence-electron chi connectivity index (χ2n) is 9.98. The Morgan fingerprint density at radius 1 is 1.19 bits per heavy atom. The molecule has 2 heteroatoms. The summed E-state index contributed by atoms with van der Waals surface area (Å²) in [5.74, 6) is 3.46. The Hall–Kier alpha value is -1.31. The lowest BCUT2D eigenvalue weighted by atomic mass is 9.46. The fourth-order valence-electron chi connectivity index (χ4n) is 8.86. The number of ether oxygens (including phenoxy) is 1. The number of Topliss-reactive ketones (excluding diaryl/α,β-unsaturated/α-hetero) is 1. The van der Waals surface area contributed by atoms with Gasteiger partial charge in [-0.2, -0.15) is 0 Å². The Kier molecular flexibility index (Phi) is 3.33. The molecule has 0 amide bonds. The van der Waals surface area contributed by atoms with Crippen LogP contribution in [-0.2, 0) is 11.2 Å². The van der Waals surface area contributed by atoms with Gasteiger partial charge in [0.2, 0.25) is 0 Å². The van der Waals surface area contributed by atoms with E-state index >= 15 is 0 Å². The van der Waals surface area contributed by atoms with E-state index in [0.717, 1.165) is 18.1 Å². The van der Waals surface area contributed by atoms with Crippen LogP contribution >= 0.6 is 0 Å². The van der Waals surface area contributed by atoms with Crippen molar-refractivity contribution in [1.82, 2.24) is 0 Å². The number of benzene rings is 1. The predicted octanol–water partition coefficient (Wildman–Crippen LogP) is 5.54. The van der Waals surface area contributed by atoms with Crippen molar-refractivity contribution in [2.24, 2.45) is 28.1 Å². The van der Waals surface area contributed by atoms with Crippen LogP contribution in [0.15, 0.2) is 18.2 Å². The van der Waals surface area contributed by atoms with E-state index in [1.165, 1.54) is 44.1 Å². The van der Waals surface area contributed by atoms with Gasteiger partial charge in [0.1, 0.15) is 11.5 Å². The van der Waals surface area contributed by atoms with Crippen molar-refractivity contribution < 1.29 is 9.53 Å². The van der Waals surface area contributed by atoms with E-state index in [-0.39, 0.29) is 10.8 Å². The number of methoxy groups -OCH3 is 1. The fourth-order valence-corrected chi connectivity index (χ4v) is 8.86. The van der Waals surface area contributed by atoms with Gasteiger partial charge in [0, 0.05) is 5.41 Å². The molecule has 0 aromatic heterocycles. The average Bonchev–Trinajstić information content (AvgIpc) is 3.02. The number of carbonyl (C=O) groups excluding carboxylic acids is 1. The molecule has 26 heavy (non-hydrogen) atoms. The van der Waals surface area contributed by atoms with E-state index in [4.69, 9.17) is 4.74 Å². The Bertz CT molecular complexity index is 782. The fraction of sp³-hybridized carbons (Fsp3) is 0.708. The zero-order chi connectivity index (χ0) is 18.3. The first kappa shape index (κ1) is 16.8. The molecular formula is C24H32O2. The van der Waals surface area contributed by atoms with E-state index in [2.05, 4.69) is 32.0 Å². The highest BCUT2D eigenvalue weighted by molar-refractivity contribution is 5.85. The first-order valence-corrected chi connectivity index (χ1v) is 10.6. The van der Waals surface area contributed by atoms with E-state index in [1.54, 1.807) is 12.7 Å². The van der Waals surface area contributed by atoms with Gasteiger partial charge in [-0.05, 0) is 104 Å². The molecule has 1 unspecified atom stereocenters. The standard InChI is InChI=1S/C24H32O2/c1-15-14-23-11-12-24(15,16(2)25)22(23,3)10-9-20-19-7-6-18(26-4)13-17(19)5-8-21(20)23/h6-7,13,15,20-21H,5,8-12,14H2,1-4H3/t15-,20-,21-,22+,23?,24-/m1/s1. The lowest BCUT2D eigenvalue weighted by molar-refractivity contribution is -0.138. The van der Waals surface area contributed by atoms with Crippen LogP contribution in [0.1, 0.15) is 76.3 Å². The molecule has 5 rings (SSSR count). The summed E-state index contributed by atoms with van der Waals surface area (Å²) in [6.07, 6.45) is 8.64. The van der Waals surface area contributed by atoms with E-state index in [1.807, 2.05) is 6.92 Å². The number of rotatable bonds is 2. The van der Waals surface area contributed by atoms with Crippen LogP contribution in [-0.4, -0.2) is 12.9 Å². The Morgan fingerprint density at radius 2 is 2.00 bits per heavy atom. The van der Waals surface area contributed by atoms with Crippen LogP contribution in [0.3, 0.4) is 0 Å². The van der Waals surface area contributed by atoms with Gasteiger partial charge in [0.05, 0.1) is 7.11 Å². The topological polar surface area (TPSA) is 26.3 Å². The highest BCUT2D eigenvalue weighted by Crippen LogP contribution is 2.82. The van der Waals surface area contributed by atoms with Crippen molar-refractivity contribution in [3.8, 4) is 5.75 Å². The van der Waals surface area contributed by atoms with Gasteiger partial charge in [0.15, 0.2) is 0 Å². The number of fused-ring (bicyclic) bond motifs is 3. The number of aryl methyl sites for hydroxylation is 1. The molecule has 3 saturated carbocycles. The molecule has 0 N–H and O–H groups in total. The van der Waals surface area contributed by atoms with Crippen molar-refractivity contribution in [3.63, 3.8) is 0 Å². The zero-order valence-corrected chi connectivity index (χ0v) is 16.7. The quantitative estimate of drug-likeness (QED) is 0.699. The van der Waals surface area contributed by atoms with E-state index in [9.17, 15) is 4.79 Å². The van der Waals surface area contributed by atoms with Crippen LogP contribution in [0, 0.1) is 28.1 Å². The van der Waals surface area contributed by atoms with Gasteiger partial charge in [-0.15, -0.1) is 0 Å². The summed E-state index contributed by atoms with van der Waals surface area (Å²) in [6, 6.07) is 6.76. The molecule has 4 aliphatic carbocycles. The number of ketones is 1. The summed E-state index contributed by atoms with van der Waals surface area (Å²) in [7, 11) is 1.76. The summed E-state index contributed by atoms with van der Waals surface area (Å²) in [6.45, 7) is 6.77. The van der Waals surface area contributed by atoms with E-state index in [0.29, 0.717) is 23.0 Å². The SMILES string of the molecule is COc1ccc2c(c1)CC[C@@H]1[C@@H]2CC[C@@]2(C)C13CC[C@]2(C(C)=O)[C@H](C)C3. The summed E-state index contributed by atoms with van der Waals surface area (Å²) < 4.78 is 5.47. The summed E-state index contributed by atoms with van der Waals surface area (Å²) in [5, 5.41) is 0. The third kappa shape index (κ3) is 1.64. The van der Waals surface area contributed by atoms with Crippen molar-refractivity contribution >= 4 is 5.78 Å². The Morgan fingerprint density at radius 3 is 2.69 bits per heavy atom. The van der Waals surface area contributed by atoms with Crippen molar-refractivity contribution in [2.45, 2.75) is 71.6 Å². The Balaban J connectivity index is 1.60. The minimum absolute atomic E-state index is 0.0435. The molecule has 2 nitrogen and oxygen atoms in total. The van der Waals surface area contributed by atoms with Crippen LogP contribution in [0.25, 0.3) is 0 Å². The maximum atomic E-state index is 12.9. The zero-order valence-electron chi connectivity index (χ0n) is 16.7. The number of hydrogen-bond acceptors (Lipinski definition) is 2. The molecule has 2 bridgehead atoms. The van der Waals surface area contributed by atoms with Crippen LogP contribution in [0.4, 0.5) is 0 Å². The second kappa shape index (κ2) is 5.14. The molecular weight excluding hydrogens is 320 g/mol. The molecule has 3 fully saturated rings. The molecule has 6 atom stereocenters. The van der Waals surface area contributed by atoms with Gasteiger partial charge in [0.25, 0.3) is 0 Å². The van der Waals surface area contributed by atoms with Gasteiger partial charge >= 0.3 is 0 Å². The third-order valence-corrected chi connectivity index (χ3v) is 9.81. The molecule has 4 aliphatic rings. The van der Waals surface area contributed by atoms with Gasteiger partial charge < -0.3 is 4.74 Å². The maximum absolute atomic E-state index is 12.9. The Labute approximate surface area is 157 Å². The summed E-state index contributed by atoms with van der Waals surface area (Å²) in [5.41, 5.74) is 3.65. The highest BCUT2D eigenvalue weighted by atomic mass is 16.5. The lowest BCUT2D eigenvalue weighted by Gasteiger charge is -2.57. The van der Waals surface area contributed by atoms with Crippen molar-refractivity contribution in [1.29, 1.82) is 0 Å². The molecule has 1 aromatic carbocycles. The molecule has 140 valence electrons. The molecule has 0 aliphatic heterocycles. The van der Waals surface area contributed by atoms with Gasteiger partial charge in [-0.25, -0.2) is 0 Å². The molecule has 0 radical (unpaired) electrons. The lowest BCUT2D eigenvalue weighted by Crippen LogP contribution is -2.51. The average molecular weight is 353 g/mol. The molecule has 0 saturated heterocycles. The number of carbonyl (C=O) groups is 1. The van der Waals surface area contributed by atoms with Crippen molar-refractivity contribution in [2.75, 3.05) is 7.11 Å². The van der Waals surface area contributed by atoms with E-state index < -0.39 is 0 Å². The van der Waals surface area contributed by atoms with Crippen LogP contribution in [0.2, 0.25) is 0 Å². The van der Waals surface area contributed by atoms with Crippen LogP contribution in [0.5, 0.6) is 5.75 Å². The first-order chi connectivity index (χ1) is 12.4. The largest absolute Gasteiger partial charge is 0.497 e.